The Kier molecular flexibility index (Phi) is 16.4. The van der Waals surface area contributed by atoms with Crippen LogP contribution in [0, 0.1) is 0 Å². The number of nitrogens with zero attached hydrogens (tertiary/aromatic N) is 2. The number of esters is 1. The number of rotatable bonds is 10. The van der Waals surface area contributed by atoms with Gasteiger partial charge in [-0.1, -0.05) is 48.5 Å². The van der Waals surface area contributed by atoms with Crippen molar-refractivity contribution in [3.8, 4) is 21.1 Å². The van der Waals surface area contributed by atoms with Gasteiger partial charge < -0.3 is 36.6 Å². The van der Waals surface area contributed by atoms with E-state index >= 15 is 0 Å². The molecule has 10 rings (SSSR count). The number of fused-ring (bicyclic) bond motifs is 4. The fourth-order valence-electron chi connectivity index (χ4n) is 7.61. The number of amides is 4. The van der Waals surface area contributed by atoms with Crippen LogP contribution in [0.2, 0.25) is 0 Å². The van der Waals surface area contributed by atoms with Crippen molar-refractivity contribution in [1.82, 2.24) is 20.6 Å². The molecular weight excluding hydrogens is 1040 g/mol. The van der Waals surface area contributed by atoms with Crippen molar-refractivity contribution >= 4 is 89.3 Å². The van der Waals surface area contributed by atoms with Crippen LogP contribution in [0.5, 0.6) is 0 Å². The number of carboxylic acids is 1. The number of thiazole rings is 2. The summed E-state index contributed by atoms with van der Waals surface area (Å²) in [6, 6.07) is 33.2. The average Bonchev–Trinajstić information content (AvgIpc) is 4.07. The summed E-state index contributed by atoms with van der Waals surface area (Å²) in [7, 11) is -6.58. The molecule has 6 aromatic carbocycles. The standard InChI is InChI=1S/C26H19N3O6S2.C25H17N3O6S2.Li.H2O/c1-35-26(32)16-8-6-15(7-9-16)25-28-14-18(36-25)13-27-23(30)17-10-11-22-20(12-17)29-24(31)19-4-2-3-5-21(19)37(22,33)34;29-22(26-12-17-13-27-24(35-17)14-5-7-15(8-6-14)25(31)32)16-9-10-21-19(11-16)28-23(30)18-3-1-2-4-20(18)36(21,33)34;;/h2-12,14H,13H2,1H3,(H,27,30)(H,29,31);1-11,13H,12H2,(H,26,29)(H,28,30)(H,31,32);;1H2/q;;+1;/p-1. The van der Waals surface area contributed by atoms with E-state index in [9.17, 15) is 45.6 Å². The van der Waals surface area contributed by atoms with Crippen LogP contribution in [0.15, 0.2) is 165 Å². The molecule has 2 aliphatic rings. The molecule has 19 nitrogen and oxygen atoms in total. The molecule has 4 amide bonds. The quantitative estimate of drug-likeness (QED) is 0.0924. The predicted octanol–water partition coefficient (Wildman–Crippen LogP) is 4.59. The maximum atomic E-state index is 13.1. The molecule has 0 aliphatic carbocycles. The smallest absolute Gasteiger partial charge is 0.870 e. The minimum Gasteiger partial charge on any atom is -0.870 e. The summed E-state index contributed by atoms with van der Waals surface area (Å²) >= 11 is 2.73. The third-order valence-corrected chi connectivity index (χ3v) is 17.1. The Bertz CT molecular complexity index is 3810. The molecule has 0 saturated heterocycles. The van der Waals surface area contributed by atoms with Crippen molar-refractivity contribution < 1.29 is 79.8 Å². The van der Waals surface area contributed by atoms with Crippen molar-refractivity contribution in [2.75, 3.05) is 17.7 Å². The fourth-order valence-corrected chi connectivity index (χ4v) is 12.5. The molecule has 6 N–H and O–H groups in total. The zero-order valence-electron chi connectivity index (χ0n) is 39.2. The third-order valence-electron chi connectivity index (χ3n) is 11.3. The van der Waals surface area contributed by atoms with Crippen LogP contribution < -0.4 is 40.1 Å². The number of carboxylic acid groups (broad SMARTS) is 1. The third kappa shape index (κ3) is 11.3. The van der Waals surface area contributed by atoms with Gasteiger partial charge in [0.2, 0.25) is 19.7 Å². The van der Waals surface area contributed by atoms with Crippen LogP contribution in [0.4, 0.5) is 11.4 Å². The number of benzene rings is 6. The minimum atomic E-state index is -3.95. The van der Waals surface area contributed by atoms with Gasteiger partial charge in [0.1, 0.15) is 10.0 Å². The second-order valence-electron chi connectivity index (χ2n) is 15.9. The monoisotopic (exact) mass is 1080 g/mol. The van der Waals surface area contributed by atoms with E-state index in [1.54, 1.807) is 73.1 Å². The van der Waals surface area contributed by atoms with Crippen LogP contribution in [0.3, 0.4) is 0 Å². The number of carbonyl (C=O) groups is 6. The van der Waals surface area contributed by atoms with Crippen molar-refractivity contribution in [2.45, 2.75) is 32.7 Å². The van der Waals surface area contributed by atoms with Crippen molar-refractivity contribution in [2.24, 2.45) is 0 Å². The van der Waals surface area contributed by atoms with Gasteiger partial charge in [-0.15, -0.1) is 22.7 Å². The fraction of sp³-hybridized carbons (Fsp3) is 0.0588. The molecule has 0 atom stereocenters. The Labute approximate surface area is 447 Å². The van der Waals surface area contributed by atoms with Gasteiger partial charge in [-0.05, 0) is 84.9 Å². The summed E-state index contributed by atoms with van der Waals surface area (Å²) in [5, 5.41) is 21.2. The molecule has 0 bridgehead atoms. The number of aromatic carboxylic acids is 1. The van der Waals surface area contributed by atoms with E-state index in [0.29, 0.717) is 10.6 Å². The molecule has 8 aromatic rings. The normalized spacial score (nSPS) is 13.2. The van der Waals surface area contributed by atoms with Crippen LogP contribution in [-0.2, 0) is 37.5 Å². The molecule has 2 aromatic heterocycles. The Balaban J connectivity index is 0.000000213. The number of hydrogen-bond acceptors (Lipinski definition) is 16. The first-order valence-electron chi connectivity index (χ1n) is 21.6. The van der Waals surface area contributed by atoms with Crippen LogP contribution >= 0.6 is 22.7 Å². The topological polar surface area (TPSA) is 304 Å². The van der Waals surface area contributed by atoms with E-state index in [1.165, 1.54) is 103 Å². The van der Waals surface area contributed by atoms with Gasteiger partial charge in [0.15, 0.2) is 0 Å². The van der Waals surface area contributed by atoms with Gasteiger partial charge in [0.25, 0.3) is 23.6 Å². The number of ether oxygens (including phenoxy) is 1. The summed E-state index contributed by atoms with van der Waals surface area (Å²) in [6.45, 7) is 0.376. The first-order chi connectivity index (χ1) is 35.0. The maximum absolute atomic E-state index is 13.1. The number of aromatic nitrogens is 2. The summed E-state index contributed by atoms with van der Waals surface area (Å²) in [5.41, 5.74) is 2.74. The van der Waals surface area contributed by atoms with E-state index in [0.717, 1.165) is 25.9 Å². The first-order valence-corrected chi connectivity index (χ1v) is 26.2. The molecule has 75 heavy (non-hydrogen) atoms. The molecule has 24 heteroatoms. The van der Waals surface area contributed by atoms with E-state index in [1.807, 2.05) is 0 Å². The Morgan fingerprint density at radius 1 is 0.560 bits per heavy atom. The molecule has 0 fully saturated rings. The van der Waals surface area contributed by atoms with Gasteiger partial charge in [0.05, 0.1) is 73.4 Å². The zero-order valence-corrected chi connectivity index (χ0v) is 42.4. The molecule has 0 spiro atoms. The number of carbonyl (C=O) groups excluding carboxylic acids is 5. The van der Waals surface area contributed by atoms with E-state index in [4.69, 9.17) is 9.84 Å². The largest absolute Gasteiger partial charge is 1.00 e. The number of hydrogen-bond donors (Lipinski definition) is 5. The predicted molar refractivity (Wildman–Crippen MR) is 270 cm³/mol. The summed E-state index contributed by atoms with van der Waals surface area (Å²) in [4.78, 5) is 83.4. The second kappa shape index (κ2) is 22.5. The Morgan fingerprint density at radius 2 is 0.947 bits per heavy atom. The summed E-state index contributed by atoms with van der Waals surface area (Å²) in [6.07, 6.45) is 3.27. The van der Waals surface area contributed by atoms with E-state index in [2.05, 4.69) is 31.2 Å². The minimum absolute atomic E-state index is 0. The zero-order chi connectivity index (χ0) is 51.6. The molecule has 2 aliphatic heterocycles. The van der Waals surface area contributed by atoms with Gasteiger partial charge in [-0.2, -0.15) is 0 Å². The number of nitrogens with one attached hydrogen (secondary N) is 4. The van der Waals surface area contributed by atoms with E-state index in [-0.39, 0.29) is 96.2 Å². The molecule has 0 saturated carbocycles. The molecule has 4 heterocycles. The van der Waals surface area contributed by atoms with Crippen molar-refractivity contribution in [3.63, 3.8) is 0 Å². The van der Waals surface area contributed by atoms with Crippen LogP contribution in [-0.4, -0.2) is 80.1 Å². The number of methoxy groups -OCH3 is 1. The Hall–Kier alpha value is -8.14. The van der Waals surface area contributed by atoms with Gasteiger partial charge in [-0.3, -0.25) is 19.2 Å². The first kappa shape index (κ1) is 54.6. The van der Waals surface area contributed by atoms with E-state index < -0.39 is 55.2 Å². The van der Waals surface area contributed by atoms with Gasteiger partial charge >= 0.3 is 30.8 Å². The summed E-state index contributed by atoms with van der Waals surface area (Å²) < 4.78 is 57.1. The SMILES string of the molecule is COC(=O)c1ccc(-c2ncc(CNC(=O)c3ccc4c(c3)NC(=O)c3ccccc3S4(=O)=O)s2)cc1.O=C(O)c1ccc(-c2ncc(CNC(=O)c3ccc4c(c3)NC(=O)c3ccccc3S4(=O)=O)s2)cc1.[Li+].[OH-]. The molecule has 374 valence electrons. The molecule has 0 radical (unpaired) electrons. The van der Waals surface area contributed by atoms with Crippen LogP contribution in [0.25, 0.3) is 21.1 Å². The molecular formula is C51H37LiN6O13S4. The summed E-state index contributed by atoms with van der Waals surface area (Å²) in [5.74, 6) is -3.45. The maximum Gasteiger partial charge on any atom is 1.00 e. The van der Waals surface area contributed by atoms with Gasteiger partial charge in [0, 0.05) is 44.4 Å². The van der Waals surface area contributed by atoms with Crippen molar-refractivity contribution in [3.05, 3.63) is 189 Å². The van der Waals surface area contributed by atoms with Crippen LogP contribution in [0.1, 0.15) is 71.9 Å². The van der Waals surface area contributed by atoms with Gasteiger partial charge in [-0.25, -0.2) is 36.4 Å². The van der Waals surface area contributed by atoms with Crippen molar-refractivity contribution in [1.29, 1.82) is 0 Å². The second-order valence-corrected chi connectivity index (χ2v) is 21.9. The number of sulfone groups is 2. The number of anilines is 2. The Morgan fingerprint density at radius 3 is 1.35 bits per heavy atom. The average molecular weight is 1080 g/mol. The molecule has 0 unspecified atom stereocenters.